The quantitative estimate of drug-likeness (QED) is 0.252. The number of pyridine rings is 1. The Labute approximate surface area is 237 Å². The van der Waals surface area contributed by atoms with E-state index in [2.05, 4.69) is 9.97 Å². The Morgan fingerprint density at radius 3 is 2.27 bits per heavy atom. The van der Waals surface area contributed by atoms with Gasteiger partial charge in [0.15, 0.2) is 4.90 Å². The third-order valence-electron chi connectivity index (χ3n) is 6.90. The summed E-state index contributed by atoms with van der Waals surface area (Å²) in [5, 5.41) is 12.8. The van der Waals surface area contributed by atoms with Gasteiger partial charge in [-0.3, -0.25) is 14.3 Å². The Morgan fingerprint density at radius 1 is 0.927 bits per heavy atom. The number of aromatic hydroxyl groups is 1. The number of hydrogen-bond donors (Lipinski definition) is 1. The number of unbranched alkanes of at least 4 members (excludes halogenated alkanes) is 1. The number of rotatable bonds is 9. The van der Waals surface area contributed by atoms with Crippen LogP contribution in [0.1, 0.15) is 25.6 Å². The molecule has 9 nitrogen and oxygen atoms in total. The first kappa shape index (κ1) is 27.9. The number of nitrogens with zero attached hydrogens (tertiary/aromatic N) is 3. The summed E-state index contributed by atoms with van der Waals surface area (Å²) in [6.45, 7) is 1.98. The zero-order valence-electron chi connectivity index (χ0n) is 22.9. The van der Waals surface area contributed by atoms with Crippen molar-refractivity contribution in [2.75, 3.05) is 14.2 Å². The number of ether oxygens (including phenoxy) is 2. The van der Waals surface area contributed by atoms with Crippen molar-refractivity contribution in [1.82, 2.24) is 14.5 Å². The predicted molar refractivity (Wildman–Crippen MR) is 156 cm³/mol. The van der Waals surface area contributed by atoms with E-state index in [0.717, 1.165) is 28.3 Å². The van der Waals surface area contributed by atoms with E-state index in [1.165, 1.54) is 30.9 Å². The monoisotopic (exact) mass is 571 g/mol. The number of sulfone groups is 1. The molecule has 0 fully saturated rings. The minimum absolute atomic E-state index is 0.155. The van der Waals surface area contributed by atoms with Gasteiger partial charge in [-0.05, 0) is 53.3 Å². The Hall–Kier alpha value is -4.70. The Kier molecular flexibility index (Phi) is 7.76. The Bertz CT molecular complexity index is 1870. The SMILES string of the molecule is CCCCc1nc(O)c(S(=O)(=O)c2ccc(-c3cccc4cnccc34)cc2)c(=O)n1-c1c(OC)cccc1OC. The standard InChI is InChI=1S/C31H29N3O6S/c1-4-5-12-27-33-30(35)29(31(36)34(27)28-25(39-2)10-7-11-26(28)40-3)41(37,38)22-15-13-20(14-16-22)23-9-6-8-21-19-32-18-17-24(21)23/h6-11,13-19,35H,4-5,12H2,1-3H3. The van der Waals surface area contributed by atoms with Crippen LogP contribution in [-0.2, 0) is 16.3 Å². The minimum Gasteiger partial charge on any atom is -0.494 e. The normalized spacial score (nSPS) is 11.5. The second kappa shape index (κ2) is 11.4. The van der Waals surface area contributed by atoms with E-state index in [-0.39, 0.29) is 27.9 Å². The molecule has 1 N–H and O–H groups in total. The topological polar surface area (TPSA) is 121 Å². The second-order valence-electron chi connectivity index (χ2n) is 9.37. The van der Waals surface area contributed by atoms with Crippen LogP contribution in [0.5, 0.6) is 17.4 Å². The molecule has 2 heterocycles. The van der Waals surface area contributed by atoms with Crippen LogP contribution < -0.4 is 15.0 Å². The molecular weight excluding hydrogens is 542 g/mol. The van der Waals surface area contributed by atoms with Crippen molar-refractivity contribution in [3.63, 3.8) is 0 Å². The van der Waals surface area contributed by atoms with E-state index in [1.54, 1.807) is 42.7 Å². The molecular formula is C31H29N3O6S. The molecule has 0 saturated heterocycles. The van der Waals surface area contributed by atoms with Crippen LogP contribution >= 0.6 is 0 Å². The maximum atomic E-state index is 14.0. The fourth-order valence-corrected chi connectivity index (χ4v) is 6.20. The van der Waals surface area contributed by atoms with Gasteiger partial charge >= 0.3 is 0 Å². The number of benzene rings is 3. The molecule has 10 heteroatoms. The van der Waals surface area contributed by atoms with Crippen molar-refractivity contribution >= 4 is 20.6 Å². The third kappa shape index (κ3) is 5.02. The Balaban J connectivity index is 1.68. The molecule has 0 bridgehead atoms. The number of methoxy groups -OCH3 is 2. The highest BCUT2D eigenvalue weighted by molar-refractivity contribution is 7.91. The van der Waals surface area contributed by atoms with Gasteiger partial charge in [-0.2, -0.15) is 4.98 Å². The van der Waals surface area contributed by atoms with Gasteiger partial charge in [0.2, 0.25) is 15.7 Å². The van der Waals surface area contributed by atoms with Crippen molar-refractivity contribution in [2.45, 2.75) is 36.0 Å². The Morgan fingerprint density at radius 2 is 1.61 bits per heavy atom. The van der Waals surface area contributed by atoms with E-state index in [4.69, 9.17) is 9.47 Å². The van der Waals surface area contributed by atoms with Gasteiger partial charge in [0.05, 0.1) is 19.1 Å². The summed E-state index contributed by atoms with van der Waals surface area (Å²) >= 11 is 0. The van der Waals surface area contributed by atoms with Gasteiger partial charge in [-0.15, -0.1) is 0 Å². The maximum Gasteiger partial charge on any atom is 0.281 e. The lowest BCUT2D eigenvalue weighted by atomic mass is 10.00. The number of aromatic nitrogens is 3. The average molecular weight is 572 g/mol. The van der Waals surface area contributed by atoms with E-state index in [9.17, 15) is 18.3 Å². The molecule has 0 aliphatic rings. The second-order valence-corrected chi connectivity index (χ2v) is 11.3. The van der Waals surface area contributed by atoms with Crippen LogP contribution in [0.2, 0.25) is 0 Å². The van der Waals surface area contributed by atoms with Crippen molar-refractivity contribution in [2.24, 2.45) is 0 Å². The molecule has 210 valence electrons. The van der Waals surface area contributed by atoms with E-state index >= 15 is 0 Å². The summed E-state index contributed by atoms with van der Waals surface area (Å²) in [4.78, 5) is 21.4. The van der Waals surface area contributed by atoms with Crippen molar-refractivity contribution in [1.29, 1.82) is 0 Å². The zero-order valence-corrected chi connectivity index (χ0v) is 23.7. The maximum absolute atomic E-state index is 14.0. The van der Waals surface area contributed by atoms with Gasteiger partial charge in [-0.1, -0.05) is 49.7 Å². The molecule has 41 heavy (non-hydrogen) atoms. The lowest BCUT2D eigenvalue weighted by Crippen LogP contribution is -2.29. The third-order valence-corrected chi connectivity index (χ3v) is 8.69. The van der Waals surface area contributed by atoms with Gasteiger partial charge in [0.1, 0.15) is 23.0 Å². The fraction of sp³-hybridized carbons (Fsp3) is 0.194. The molecule has 2 aromatic heterocycles. The van der Waals surface area contributed by atoms with Crippen LogP contribution in [0.15, 0.2) is 93.7 Å². The molecule has 0 aliphatic heterocycles. The average Bonchev–Trinajstić information content (AvgIpc) is 2.99. The van der Waals surface area contributed by atoms with Crippen LogP contribution in [0.4, 0.5) is 0 Å². The van der Waals surface area contributed by atoms with Gasteiger partial charge in [0, 0.05) is 24.2 Å². The molecule has 0 amide bonds. The molecule has 0 aliphatic carbocycles. The first-order valence-electron chi connectivity index (χ1n) is 13.1. The van der Waals surface area contributed by atoms with Gasteiger partial charge in [0.25, 0.3) is 5.56 Å². The lowest BCUT2D eigenvalue weighted by molar-refractivity contribution is 0.386. The predicted octanol–water partition coefficient (Wildman–Crippen LogP) is 5.35. The summed E-state index contributed by atoms with van der Waals surface area (Å²) < 4.78 is 39.9. The number of aryl methyl sites for hydroxylation is 1. The summed E-state index contributed by atoms with van der Waals surface area (Å²) in [7, 11) is -1.61. The minimum atomic E-state index is -4.49. The molecule has 5 aromatic rings. The highest BCUT2D eigenvalue weighted by Gasteiger charge is 2.31. The van der Waals surface area contributed by atoms with Crippen LogP contribution in [-0.4, -0.2) is 42.3 Å². The van der Waals surface area contributed by atoms with Crippen molar-refractivity contribution in [3.8, 4) is 34.2 Å². The van der Waals surface area contributed by atoms with E-state index in [0.29, 0.717) is 12.8 Å². The van der Waals surface area contributed by atoms with E-state index in [1.807, 2.05) is 31.2 Å². The van der Waals surface area contributed by atoms with Crippen LogP contribution in [0.25, 0.3) is 27.6 Å². The van der Waals surface area contributed by atoms with Crippen molar-refractivity contribution in [3.05, 3.63) is 95.3 Å². The summed E-state index contributed by atoms with van der Waals surface area (Å²) in [5.74, 6) is -0.0851. The van der Waals surface area contributed by atoms with Gasteiger partial charge in [-0.25, -0.2) is 8.42 Å². The molecule has 0 radical (unpaired) electrons. The number of hydrogen-bond acceptors (Lipinski definition) is 8. The molecule has 0 spiro atoms. The number of para-hydroxylation sites is 1. The zero-order chi connectivity index (χ0) is 29.1. The van der Waals surface area contributed by atoms with Crippen LogP contribution in [0.3, 0.4) is 0 Å². The van der Waals surface area contributed by atoms with Crippen LogP contribution in [0, 0.1) is 0 Å². The summed E-state index contributed by atoms with van der Waals surface area (Å²) in [6, 6.07) is 18.8. The lowest BCUT2D eigenvalue weighted by Gasteiger charge is -2.19. The van der Waals surface area contributed by atoms with E-state index < -0.39 is 26.2 Å². The molecule has 0 atom stereocenters. The summed E-state index contributed by atoms with van der Waals surface area (Å²) in [5.41, 5.74) is 0.953. The molecule has 5 rings (SSSR count). The largest absolute Gasteiger partial charge is 0.494 e. The molecule has 0 saturated carbocycles. The fourth-order valence-electron chi connectivity index (χ4n) is 4.86. The highest BCUT2D eigenvalue weighted by Crippen LogP contribution is 2.35. The summed E-state index contributed by atoms with van der Waals surface area (Å²) in [6.07, 6.45) is 5.22. The highest BCUT2D eigenvalue weighted by atomic mass is 32.2. The first-order chi connectivity index (χ1) is 19.8. The number of fused-ring (bicyclic) bond motifs is 1. The molecule has 3 aromatic carbocycles. The smallest absolute Gasteiger partial charge is 0.281 e. The van der Waals surface area contributed by atoms with Gasteiger partial charge < -0.3 is 14.6 Å². The van der Waals surface area contributed by atoms with Crippen molar-refractivity contribution < 1.29 is 23.0 Å². The molecule has 0 unspecified atom stereocenters. The first-order valence-corrected chi connectivity index (χ1v) is 14.5.